The second-order valence-corrected chi connectivity index (χ2v) is 7.24. The number of nitrogens with zero attached hydrogens (tertiary/aromatic N) is 3. The van der Waals surface area contributed by atoms with Gasteiger partial charge in [-0.3, -0.25) is 10.1 Å². The zero-order chi connectivity index (χ0) is 19.0. The number of hydrogen-bond donors (Lipinski definition) is 1. The summed E-state index contributed by atoms with van der Waals surface area (Å²) in [5.41, 5.74) is 3.53. The fourth-order valence-corrected chi connectivity index (χ4v) is 4.01. The summed E-state index contributed by atoms with van der Waals surface area (Å²) in [4.78, 5) is 20.3. The van der Waals surface area contributed by atoms with Gasteiger partial charge in [-0.15, -0.1) is 11.3 Å². The molecule has 0 aliphatic carbocycles. The second-order valence-electron chi connectivity index (χ2n) is 5.94. The molecule has 0 aliphatic heterocycles. The maximum absolute atomic E-state index is 11.1. The minimum Gasteiger partial charge on any atom is -0.339 e. The summed E-state index contributed by atoms with van der Waals surface area (Å²) in [6, 6.07) is 12.1. The third-order valence-electron chi connectivity index (χ3n) is 4.18. The number of nitro groups is 1. The highest BCUT2D eigenvalue weighted by atomic mass is 35.5. The summed E-state index contributed by atoms with van der Waals surface area (Å²) >= 11 is 7.51. The minimum atomic E-state index is -0.398. The number of hydrogen-bond acceptors (Lipinski definition) is 6. The lowest BCUT2D eigenvalue weighted by Crippen LogP contribution is -1.97. The van der Waals surface area contributed by atoms with Gasteiger partial charge in [-0.05, 0) is 36.2 Å². The molecule has 2 aromatic carbocycles. The van der Waals surface area contributed by atoms with E-state index in [2.05, 4.69) is 15.3 Å². The first-order valence-electron chi connectivity index (χ1n) is 8.03. The Labute approximate surface area is 163 Å². The molecule has 0 bridgehead atoms. The van der Waals surface area contributed by atoms with Crippen molar-refractivity contribution in [2.24, 2.45) is 0 Å². The third-order valence-corrected chi connectivity index (χ3v) is 5.30. The summed E-state index contributed by atoms with van der Waals surface area (Å²) in [7, 11) is 0. The van der Waals surface area contributed by atoms with Crippen molar-refractivity contribution in [3.63, 3.8) is 0 Å². The van der Waals surface area contributed by atoms with Gasteiger partial charge < -0.3 is 5.32 Å². The Morgan fingerprint density at radius 2 is 2.04 bits per heavy atom. The third kappa shape index (κ3) is 3.34. The van der Waals surface area contributed by atoms with E-state index in [0.29, 0.717) is 10.8 Å². The zero-order valence-corrected chi connectivity index (χ0v) is 15.7. The summed E-state index contributed by atoms with van der Waals surface area (Å²) < 4.78 is 0. The second kappa shape index (κ2) is 6.94. The molecular formula is C19H13ClN4O2S. The number of aryl methyl sites for hydroxylation is 1. The largest absolute Gasteiger partial charge is 0.339 e. The van der Waals surface area contributed by atoms with E-state index in [-0.39, 0.29) is 5.69 Å². The molecule has 4 aromatic rings. The molecule has 0 saturated carbocycles. The van der Waals surface area contributed by atoms with Crippen molar-refractivity contribution < 1.29 is 4.92 Å². The van der Waals surface area contributed by atoms with E-state index in [1.54, 1.807) is 12.1 Å². The molecule has 27 heavy (non-hydrogen) atoms. The predicted molar refractivity (Wildman–Crippen MR) is 109 cm³/mol. The molecule has 0 unspecified atom stereocenters. The Bertz CT molecular complexity index is 1180. The molecule has 0 atom stereocenters. The molecule has 8 heteroatoms. The van der Waals surface area contributed by atoms with E-state index in [1.807, 2.05) is 36.6 Å². The fourth-order valence-electron chi connectivity index (χ4n) is 2.86. The molecule has 4 rings (SSSR count). The van der Waals surface area contributed by atoms with Gasteiger partial charge in [-0.25, -0.2) is 9.97 Å². The topological polar surface area (TPSA) is 81.0 Å². The van der Waals surface area contributed by atoms with Crippen LogP contribution in [0.4, 0.5) is 17.2 Å². The molecule has 0 radical (unpaired) electrons. The Kier molecular flexibility index (Phi) is 4.47. The number of benzene rings is 2. The first-order chi connectivity index (χ1) is 13.0. The molecule has 0 spiro atoms. The van der Waals surface area contributed by atoms with E-state index in [4.69, 9.17) is 11.6 Å². The van der Waals surface area contributed by atoms with Gasteiger partial charge in [-0.2, -0.15) is 0 Å². The highest BCUT2D eigenvalue weighted by Crippen LogP contribution is 2.38. The van der Waals surface area contributed by atoms with Crippen molar-refractivity contribution in [3.05, 3.63) is 74.9 Å². The quantitative estimate of drug-likeness (QED) is 0.339. The van der Waals surface area contributed by atoms with Gasteiger partial charge in [0, 0.05) is 33.8 Å². The van der Waals surface area contributed by atoms with Gasteiger partial charge in [-0.1, -0.05) is 23.7 Å². The van der Waals surface area contributed by atoms with Crippen molar-refractivity contribution in [2.45, 2.75) is 6.92 Å². The summed E-state index contributed by atoms with van der Waals surface area (Å²) in [6.45, 7) is 1.96. The number of thiophene rings is 1. The van der Waals surface area contributed by atoms with E-state index in [0.717, 1.165) is 32.6 Å². The number of fused-ring (bicyclic) bond motifs is 1. The fraction of sp³-hybridized carbons (Fsp3) is 0.0526. The Hall–Kier alpha value is -3.03. The molecule has 0 saturated heterocycles. The molecular weight excluding hydrogens is 384 g/mol. The number of aromatic nitrogens is 2. The Morgan fingerprint density at radius 1 is 1.19 bits per heavy atom. The smallest absolute Gasteiger partial charge is 0.270 e. The van der Waals surface area contributed by atoms with Crippen LogP contribution >= 0.6 is 22.9 Å². The van der Waals surface area contributed by atoms with Crippen LogP contribution in [0.3, 0.4) is 0 Å². The number of anilines is 2. The summed E-state index contributed by atoms with van der Waals surface area (Å²) in [6.07, 6.45) is 1.50. The Balaban J connectivity index is 1.85. The lowest BCUT2D eigenvalue weighted by molar-refractivity contribution is -0.384. The molecule has 2 aromatic heterocycles. The predicted octanol–water partition coefficient (Wildman–Crippen LogP) is 5.97. The molecule has 6 nitrogen and oxygen atoms in total. The SMILES string of the molecule is Cc1cc(Cl)ccc1Nc1ncnc2scc(-c3cccc([N+](=O)[O-])c3)c12. The molecule has 1 N–H and O–H groups in total. The van der Waals surface area contributed by atoms with Gasteiger partial charge in [0.1, 0.15) is 17.0 Å². The monoisotopic (exact) mass is 396 g/mol. The van der Waals surface area contributed by atoms with Crippen molar-refractivity contribution >= 4 is 50.3 Å². The molecule has 0 amide bonds. The summed E-state index contributed by atoms with van der Waals surface area (Å²) in [5.74, 6) is 0.646. The van der Waals surface area contributed by atoms with Crippen LogP contribution in [-0.2, 0) is 0 Å². The Morgan fingerprint density at radius 3 is 2.81 bits per heavy atom. The number of rotatable bonds is 4. The van der Waals surface area contributed by atoms with Gasteiger partial charge >= 0.3 is 0 Å². The lowest BCUT2D eigenvalue weighted by Gasteiger charge is -2.11. The normalized spacial score (nSPS) is 10.9. The maximum atomic E-state index is 11.1. The number of nitro benzene ring substituents is 1. The summed E-state index contributed by atoms with van der Waals surface area (Å²) in [5, 5.41) is 17.9. The van der Waals surface area contributed by atoms with Gasteiger partial charge in [0.05, 0.1) is 10.3 Å². The van der Waals surface area contributed by atoms with E-state index < -0.39 is 4.92 Å². The van der Waals surface area contributed by atoms with Crippen LogP contribution in [0.25, 0.3) is 21.3 Å². The molecule has 134 valence electrons. The highest BCUT2D eigenvalue weighted by molar-refractivity contribution is 7.17. The average Bonchev–Trinajstić information content (AvgIpc) is 3.09. The molecule has 0 fully saturated rings. The van der Waals surface area contributed by atoms with Crippen molar-refractivity contribution in [3.8, 4) is 11.1 Å². The first kappa shape index (κ1) is 17.4. The van der Waals surface area contributed by atoms with Crippen LogP contribution in [0.15, 0.2) is 54.2 Å². The average molecular weight is 397 g/mol. The van der Waals surface area contributed by atoms with Crippen molar-refractivity contribution in [1.29, 1.82) is 0 Å². The van der Waals surface area contributed by atoms with Crippen LogP contribution in [0.1, 0.15) is 5.56 Å². The van der Waals surface area contributed by atoms with E-state index in [9.17, 15) is 10.1 Å². The molecule has 0 aliphatic rings. The number of non-ortho nitro benzene ring substituents is 1. The van der Waals surface area contributed by atoms with Crippen LogP contribution < -0.4 is 5.32 Å². The zero-order valence-electron chi connectivity index (χ0n) is 14.1. The number of nitrogens with one attached hydrogen (secondary N) is 1. The van der Waals surface area contributed by atoms with Gasteiger partial charge in [0.25, 0.3) is 5.69 Å². The van der Waals surface area contributed by atoms with Crippen LogP contribution in [0.2, 0.25) is 5.02 Å². The van der Waals surface area contributed by atoms with Crippen LogP contribution in [0, 0.1) is 17.0 Å². The van der Waals surface area contributed by atoms with Crippen LogP contribution in [0.5, 0.6) is 0 Å². The van der Waals surface area contributed by atoms with Gasteiger partial charge in [0.15, 0.2) is 0 Å². The number of halogens is 1. The van der Waals surface area contributed by atoms with Gasteiger partial charge in [0.2, 0.25) is 0 Å². The van der Waals surface area contributed by atoms with Crippen LogP contribution in [-0.4, -0.2) is 14.9 Å². The first-order valence-corrected chi connectivity index (χ1v) is 9.29. The maximum Gasteiger partial charge on any atom is 0.270 e. The standard InChI is InChI=1S/C19H13ClN4O2S/c1-11-7-13(20)5-6-16(11)23-18-17-15(9-27-19(17)22-10-21-18)12-3-2-4-14(8-12)24(25)26/h2-10H,1H3,(H,21,22,23). The highest BCUT2D eigenvalue weighted by Gasteiger charge is 2.16. The van der Waals surface area contributed by atoms with Crippen molar-refractivity contribution in [2.75, 3.05) is 5.32 Å². The van der Waals surface area contributed by atoms with Crippen molar-refractivity contribution in [1.82, 2.24) is 9.97 Å². The minimum absolute atomic E-state index is 0.0479. The van der Waals surface area contributed by atoms with E-state index in [1.165, 1.54) is 23.7 Å². The van der Waals surface area contributed by atoms with E-state index >= 15 is 0 Å². The molecule has 2 heterocycles. The lowest BCUT2D eigenvalue weighted by atomic mass is 10.1.